The Morgan fingerprint density at radius 2 is 1.36 bits per heavy atom. The van der Waals surface area contributed by atoms with E-state index in [-0.39, 0.29) is 18.2 Å². The molecular weight excluding hydrogens is 498 g/mol. The SMILES string of the molecule is CC(=O)CCCCCNC(=O)OCc1ccccc1.CC(=O)CCCCCNCC(C)=NC(=O)OC(C)(C)C. The topological polar surface area (TPSA) is 123 Å². The number of carbonyl (C=O) groups excluding carboxylic acids is 4. The second-order valence-electron chi connectivity index (χ2n) is 10.5. The highest BCUT2D eigenvalue weighted by molar-refractivity contribution is 5.93. The Morgan fingerprint density at radius 1 is 0.795 bits per heavy atom. The zero-order valence-corrected chi connectivity index (χ0v) is 24.8. The quantitative estimate of drug-likeness (QED) is 0.187. The molecule has 0 aliphatic rings. The molecule has 0 radical (unpaired) electrons. The molecule has 0 spiro atoms. The summed E-state index contributed by atoms with van der Waals surface area (Å²) in [6.07, 6.45) is 6.05. The normalized spacial score (nSPS) is 11.2. The van der Waals surface area contributed by atoms with E-state index in [1.54, 1.807) is 20.8 Å². The molecule has 0 atom stereocenters. The third-order valence-corrected chi connectivity index (χ3v) is 5.13. The molecule has 0 bridgehead atoms. The van der Waals surface area contributed by atoms with E-state index in [1.807, 2.05) is 51.1 Å². The maximum absolute atomic E-state index is 11.4. The van der Waals surface area contributed by atoms with Crippen molar-refractivity contribution in [3.05, 3.63) is 35.9 Å². The van der Waals surface area contributed by atoms with Crippen LogP contribution in [0.25, 0.3) is 0 Å². The number of Topliss-reactive ketones (excluding diaryl/α,β-unsaturated/α-hetero) is 2. The Kier molecular flexibility index (Phi) is 20.1. The number of ketones is 2. The summed E-state index contributed by atoms with van der Waals surface area (Å²) >= 11 is 0. The number of rotatable bonds is 16. The number of benzene rings is 1. The highest BCUT2D eigenvalue weighted by atomic mass is 16.6. The molecule has 9 heteroatoms. The van der Waals surface area contributed by atoms with Crippen molar-refractivity contribution < 1.29 is 28.7 Å². The molecule has 2 N–H and O–H groups in total. The minimum atomic E-state index is -0.543. The van der Waals surface area contributed by atoms with Gasteiger partial charge in [-0.3, -0.25) is 0 Å². The lowest BCUT2D eigenvalue weighted by atomic mass is 10.1. The Balaban J connectivity index is 0.000000741. The number of nitrogens with zero attached hydrogens (tertiary/aromatic N) is 1. The van der Waals surface area contributed by atoms with Crippen molar-refractivity contribution in [3.8, 4) is 0 Å². The van der Waals surface area contributed by atoms with Crippen LogP contribution in [0, 0.1) is 0 Å². The second-order valence-corrected chi connectivity index (χ2v) is 10.5. The number of hydrogen-bond donors (Lipinski definition) is 2. The van der Waals surface area contributed by atoms with Gasteiger partial charge in [0, 0.05) is 31.6 Å². The first-order valence-electron chi connectivity index (χ1n) is 13.8. The first-order valence-corrected chi connectivity index (χ1v) is 13.8. The van der Waals surface area contributed by atoms with E-state index in [1.165, 1.54) is 0 Å². The van der Waals surface area contributed by atoms with Gasteiger partial charge >= 0.3 is 12.2 Å². The van der Waals surface area contributed by atoms with Crippen molar-refractivity contribution in [2.45, 2.75) is 105 Å². The maximum Gasteiger partial charge on any atom is 0.434 e. The number of carbonyl (C=O) groups is 4. The number of amides is 2. The molecule has 220 valence electrons. The van der Waals surface area contributed by atoms with Gasteiger partial charge in [0.15, 0.2) is 0 Å². The molecule has 2 amide bonds. The fourth-order valence-corrected chi connectivity index (χ4v) is 3.19. The average Bonchev–Trinajstić information content (AvgIpc) is 2.83. The van der Waals surface area contributed by atoms with Crippen LogP contribution in [0.1, 0.15) is 98.5 Å². The molecule has 1 rings (SSSR count). The van der Waals surface area contributed by atoms with E-state index in [9.17, 15) is 19.2 Å². The molecule has 0 aliphatic heterocycles. The van der Waals surface area contributed by atoms with Crippen molar-refractivity contribution in [1.82, 2.24) is 10.6 Å². The Bertz CT molecular complexity index is 878. The molecule has 0 saturated carbocycles. The maximum atomic E-state index is 11.4. The zero-order chi connectivity index (χ0) is 29.5. The first kappa shape index (κ1) is 35.9. The number of nitrogens with one attached hydrogen (secondary N) is 2. The van der Waals surface area contributed by atoms with E-state index in [2.05, 4.69) is 15.6 Å². The largest absolute Gasteiger partial charge is 0.445 e. The fraction of sp³-hybridized carbons (Fsp3) is 0.633. The van der Waals surface area contributed by atoms with Gasteiger partial charge < -0.3 is 29.7 Å². The minimum absolute atomic E-state index is 0.218. The third-order valence-electron chi connectivity index (χ3n) is 5.13. The highest BCUT2D eigenvalue weighted by Crippen LogP contribution is 2.08. The Morgan fingerprint density at radius 3 is 1.90 bits per heavy atom. The van der Waals surface area contributed by atoms with Crippen molar-refractivity contribution in [3.63, 3.8) is 0 Å². The lowest BCUT2D eigenvalue weighted by Gasteiger charge is -2.17. The van der Waals surface area contributed by atoms with Crippen LogP contribution in [0.3, 0.4) is 0 Å². The number of aliphatic imine (C=N–C) groups is 1. The Hall–Kier alpha value is -3.07. The summed E-state index contributed by atoms with van der Waals surface area (Å²) in [6, 6.07) is 9.56. The van der Waals surface area contributed by atoms with Crippen LogP contribution in [0.2, 0.25) is 0 Å². The molecule has 0 heterocycles. The van der Waals surface area contributed by atoms with E-state index in [0.29, 0.717) is 31.6 Å². The molecule has 0 fully saturated rings. The first-order chi connectivity index (χ1) is 18.4. The fourth-order valence-electron chi connectivity index (χ4n) is 3.19. The van der Waals surface area contributed by atoms with Crippen molar-refractivity contribution in [1.29, 1.82) is 0 Å². The van der Waals surface area contributed by atoms with Gasteiger partial charge in [-0.15, -0.1) is 0 Å². The lowest BCUT2D eigenvalue weighted by molar-refractivity contribution is -0.117. The zero-order valence-electron chi connectivity index (χ0n) is 24.8. The summed E-state index contributed by atoms with van der Waals surface area (Å²) < 4.78 is 10.2. The highest BCUT2D eigenvalue weighted by Gasteiger charge is 2.15. The van der Waals surface area contributed by atoms with Gasteiger partial charge in [-0.1, -0.05) is 43.2 Å². The van der Waals surface area contributed by atoms with Crippen LogP contribution in [0.15, 0.2) is 35.3 Å². The van der Waals surface area contributed by atoms with Crippen molar-refractivity contribution in [2.24, 2.45) is 4.99 Å². The van der Waals surface area contributed by atoms with Gasteiger partial charge in [-0.2, -0.15) is 4.99 Å². The van der Waals surface area contributed by atoms with Gasteiger partial charge in [0.25, 0.3) is 0 Å². The number of ether oxygens (including phenoxy) is 2. The lowest BCUT2D eigenvalue weighted by Crippen LogP contribution is -2.25. The number of unbranched alkanes of at least 4 members (excludes halogenated alkanes) is 4. The second kappa shape index (κ2) is 21.8. The van der Waals surface area contributed by atoms with Gasteiger partial charge in [-0.25, -0.2) is 9.59 Å². The molecule has 0 aliphatic carbocycles. The summed E-state index contributed by atoms with van der Waals surface area (Å²) in [7, 11) is 0. The van der Waals surface area contributed by atoms with Gasteiger partial charge in [0.1, 0.15) is 23.8 Å². The average molecular weight is 548 g/mol. The molecule has 0 saturated heterocycles. The van der Waals surface area contributed by atoms with Gasteiger partial charge in [0.05, 0.1) is 0 Å². The summed E-state index contributed by atoms with van der Waals surface area (Å²) in [4.78, 5) is 48.1. The van der Waals surface area contributed by atoms with Crippen molar-refractivity contribution >= 4 is 29.5 Å². The van der Waals surface area contributed by atoms with Gasteiger partial charge in [-0.05, 0) is 79.3 Å². The molecular formula is C30H49N3O6. The smallest absolute Gasteiger partial charge is 0.434 e. The molecule has 0 aromatic heterocycles. The number of alkyl carbamates (subject to hydrolysis) is 1. The molecule has 9 nitrogen and oxygen atoms in total. The van der Waals surface area contributed by atoms with Crippen molar-refractivity contribution in [2.75, 3.05) is 19.6 Å². The van der Waals surface area contributed by atoms with Crippen LogP contribution in [0.4, 0.5) is 9.59 Å². The summed E-state index contributed by atoms with van der Waals surface area (Å²) in [5, 5.41) is 5.91. The van der Waals surface area contributed by atoms with Crippen LogP contribution in [-0.4, -0.2) is 54.7 Å². The minimum Gasteiger partial charge on any atom is -0.445 e. The Labute approximate surface area is 234 Å². The number of hydrogen-bond acceptors (Lipinski definition) is 7. The van der Waals surface area contributed by atoms with E-state index in [0.717, 1.165) is 50.6 Å². The molecule has 1 aromatic rings. The molecule has 0 unspecified atom stereocenters. The van der Waals surface area contributed by atoms with Gasteiger partial charge in [0.2, 0.25) is 0 Å². The van der Waals surface area contributed by atoms with E-state index < -0.39 is 17.8 Å². The monoisotopic (exact) mass is 547 g/mol. The van der Waals surface area contributed by atoms with Crippen LogP contribution < -0.4 is 10.6 Å². The molecule has 39 heavy (non-hydrogen) atoms. The molecule has 1 aromatic carbocycles. The van der Waals surface area contributed by atoms with Crippen LogP contribution in [0.5, 0.6) is 0 Å². The predicted molar refractivity (Wildman–Crippen MR) is 155 cm³/mol. The van der Waals surface area contributed by atoms with E-state index >= 15 is 0 Å². The van der Waals surface area contributed by atoms with Crippen LogP contribution in [-0.2, 0) is 25.7 Å². The summed E-state index contributed by atoms with van der Waals surface area (Å²) in [6.45, 7) is 12.8. The third kappa shape index (κ3) is 26.3. The summed E-state index contributed by atoms with van der Waals surface area (Å²) in [5.74, 6) is 0.466. The summed E-state index contributed by atoms with van der Waals surface area (Å²) in [5.41, 5.74) is 1.17. The van der Waals surface area contributed by atoms with E-state index in [4.69, 9.17) is 9.47 Å². The standard InChI is InChI=1S/C15H28N2O3.C15H21NO3/c1-12(17-14(19)20-15(3,4)5)11-16-10-8-6-7-9-13(2)18;1-13(17)8-4-3-7-11-16-15(18)19-12-14-9-5-2-6-10-14/h16H,6-11H2,1-5H3;2,5-6,9-10H,3-4,7-8,11-12H2,1H3,(H,16,18). The predicted octanol–water partition coefficient (Wildman–Crippen LogP) is 6.18. The van der Waals surface area contributed by atoms with Crippen LogP contribution >= 0.6 is 0 Å².